The fourth-order valence-electron chi connectivity index (χ4n) is 2.01. The number of aromatic nitrogens is 2. The fraction of sp³-hybridized carbons (Fsp3) is 0.533. The zero-order valence-electron chi connectivity index (χ0n) is 14.5. The maximum absolute atomic E-state index is 12.5. The van der Waals surface area contributed by atoms with Gasteiger partial charge in [-0.2, -0.15) is 18.2 Å². The van der Waals surface area contributed by atoms with Gasteiger partial charge in [0.1, 0.15) is 6.61 Å². The minimum absolute atomic E-state index is 0.0229. The van der Waals surface area contributed by atoms with Gasteiger partial charge in [0.15, 0.2) is 0 Å². The Balaban J connectivity index is 2.07. The number of carbonyl (C=O) groups excluding carboxylic acids is 1. The van der Waals surface area contributed by atoms with E-state index >= 15 is 0 Å². The van der Waals surface area contributed by atoms with Crippen LogP contribution < -0.4 is 0 Å². The molecule has 0 saturated heterocycles. The molecule has 0 atom stereocenters. The number of thiophene rings is 1. The van der Waals surface area contributed by atoms with Crippen LogP contribution >= 0.6 is 11.3 Å². The van der Waals surface area contributed by atoms with Crippen LogP contribution in [0.5, 0.6) is 0 Å². The van der Waals surface area contributed by atoms with Crippen LogP contribution in [0, 0.1) is 0 Å². The molecule has 0 fully saturated rings. The van der Waals surface area contributed by atoms with Crippen molar-refractivity contribution in [3.63, 3.8) is 0 Å². The molecule has 28 heavy (non-hydrogen) atoms. The lowest BCUT2D eigenvalue weighted by molar-refractivity contribution is -0.202. The predicted molar refractivity (Wildman–Crippen MR) is 86.2 cm³/mol. The van der Waals surface area contributed by atoms with Gasteiger partial charge in [-0.3, -0.25) is 9.63 Å². The molecular formula is C15H16F5N3O4S. The topological polar surface area (TPSA) is 77.7 Å². The number of amides is 1. The van der Waals surface area contributed by atoms with Crippen molar-refractivity contribution in [2.45, 2.75) is 32.0 Å². The van der Waals surface area contributed by atoms with E-state index < -0.39 is 31.0 Å². The molecule has 156 valence electrons. The summed E-state index contributed by atoms with van der Waals surface area (Å²) in [5.41, 5.74) is 0. The Morgan fingerprint density at radius 3 is 2.71 bits per heavy atom. The molecule has 2 heterocycles. The first-order chi connectivity index (χ1) is 13.2. The molecule has 2 rings (SSSR count). The number of halogens is 5. The lowest BCUT2D eigenvalue weighted by atomic mass is 10.3. The van der Waals surface area contributed by atoms with Gasteiger partial charge in [0.2, 0.25) is 11.7 Å². The quantitative estimate of drug-likeness (QED) is 0.325. The molecule has 2 aromatic rings. The van der Waals surface area contributed by atoms with Gasteiger partial charge in [-0.15, -0.1) is 11.3 Å². The SMILES string of the molecule is COCCCC(=O)N(Cc1ccc(-c2noc(C(F)(F)F)n2)s1)OCC(F)F. The van der Waals surface area contributed by atoms with E-state index in [0.29, 0.717) is 17.9 Å². The number of hydrogen-bond donors (Lipinski definition) is 0. The highest BCUT2D eigenvalue weighted by molar-refractivity contribution is 7.15. The number of alkyl halides is 5. The van der Waals surface area contributed by atoms with Crippen LogP contribution in [0.25, 0.3) is 10.7 Å². The van der Waals surface area contributed by atoms with Crippen molar-refractivity contribution >= 4 is 17.2 Å². The maximum atomic E-state index is 12.5. The van der Waals surface area contributed by atoms with Crippen molar-refractivity contribution in [2.75, 3.05) is 20.3 Å². The molecule has 0 aromatic carbocycles. The van der Waals surface area contributed by atoms with Gasteiger partial charge in [-0.25, -0.2) is 13.8 Å². The van der Waals surface area contributed by atoms with Crippen LogP contribution in [0.3, 0.4) is 0 Å². The molecule has 0 aliphatic rings. The van der Waals surface area contributed by atoms with E-state index in [2.05, 4.69) is 14.7 Å². The van der Waals surface area contributed by atoms with E-state index in [9.17, 15) is 26.7 Å². The Morgan fingerprint density at radius 1 is 1.36 bits per heavy atom. The van der Waals surface area contributed by atoms with E-state index in [1.54, 1.807) is 0 Å². The first-order valence-electron chi connectivity index (χ1n) is 7.91. The summed E-state index contributed by atoms with van der Waals surface area (Å²) >= 11 is 0.980. The molecule has 0 N–H and O–H groups in total. The molecule has 0 radical (unpaired) electrons. The summed E-state index contributed by atoms with van der Waals surface area (Å²) in [6.45, 7) is -0.807. The summed E-state index contributed by atoms with van der Waals surface area (Å²) in [6, 6.07) is 2.94. The largest absolute Gasteiger partial charge is 0.471 e. The van der Waals surface area contributed by atoms with Gasteiger partial charge in [0.25, 0.3) is 6.43 Å². The number of rotatable bonds is 10. The van der Waals surface area contributed by atoms with E-state index in [-0.39, 0.29) is 23.7 Å². The summed E-state index contributed by atoms with van der Waals surface area (Å²) < 4.78 is 71.5. The second-order valence-electron chi connectivity index (χ2n) is 5.40. The van der Waals surface area contributed by atoms with Crippen LogP contribution in [-0.4, -0.2) is 47.9 Å². The fourth-order valence-corrected chi connectivity index (χ4v) is 2.92. The molecular weight excluding hydrogens is 413 g/mol. The highest BCUT2D eigenvalue weighted by Crippen LogP contribution is 2.32. The summed E-state index contributed by atoms with van der Waals surface area (Å²) in [5, 5.41) is 4.07. The number of carbonyl (C=O) groups is 1. The molecule has 0 saturated carbocycles. The normalized spacial score (nSPS) is 12.0. The highest BCUT2D eigenvalue weighted by Gasteiger charge is 2.38. The molecule has 2 aromatic heterocycles. The second kappa shape index (κ2) is 9.89. The van der Waals surface area contributed by atoms with Crippen LogP contribution in [-0.2, 0) is 27.1 Å². The van der Waals surface area contributed by atoms with E-state index in [0.717, 1.165) is 16.4 Å². The second-order valence-corrected chi connectivity index (χ2v) is 6.57. The number of nitrogens with zero attached hydrogens (tertiary/aromatic N) is 3. The summed E-state index contributed by atoms with van der Waals surface area (Å²) in [7, 11) is 1.46. The van der Waals surface area contributed by atoms with Gasteiger partial charge in [-0.1, -0.05) is 5.16 Å². The third-order valence-corrected chi connectivity index (χ3v) is 4.29. The van der Waals surface area contributed by atoms with Gasteiger partial charge in [0.05, 0.1) is 11.4 Å². The van der Waals surface area contributed by atoms with Crippen LogP contribution in [0.2, 0.25) is 0 Å². The third kappa shape index (κ3) is 6.49. The lowest BCUT2D eigenvalue weighted by Gasteiger charge is -2.21. The molecule has 7 nitrogen and oxygen atoms in total. The monoisotopic (exact) mass is 429 g/mol. The van der Waals surface area contributed by atoms with Gasteiger partial charge in [-0.05, 0) is 18.6 Å². The number of methoxy groups -OCH3 is 1. The smallest absolute Gasteiger partial charge is 0.385 e. The molecule has 0 unspecified atom stereocenters. The maximum Gasteiger partial charge on any atom is 0.471 e. The van der Waals surface area contributed by atoms with Crippen molar-refractivity contribution in [3.8, 4) is 10.7 Å². The van der Waals surface area contributed by atoms with Crippen LogP contribution in [0.1, 0.15) is 23.6 Å². The molecule has 13 heteroatoms. The Bertz CT molecular complexity index is 765. The van der Waals surface area contributed by atoms with Gasteiger partial charge in [0, 0.05) is 25.0 Å². The summed E-state index contributed by atoms with van der Waals surface area (Å²) in [4.78, 5) is 21.0. The van der Waals surface area contributed by atoms with E-state index in [1.807, 2.05) is 0 Å². The average Bonchev–Trinajstić information content (AvgIpc) is 3.27. The first-order valence-corrected chi connectivity index (χ1v) is 8.72. The Morgan fingerprint density at radius 2 is 2.11 bits per heavy atom. The minimum Gasteiger partial charge on any atom is -0.385 e. The molecule has 0 bridgehead atoms. The summed E-state index contributed by atoms with van der Waals surface area (Å²) in [5.74, 6) is -2.27. The van der Waals surface area contributed by atoms with E-state index in [4.69, 9.17) is 9.57 Å². The number of hydroxylamine groups is 2. The van der Waals surface area contributed by atoms with Crippen molar-refractivity contribution in [3.05, 3.63) is 22.9 Å². The van der Waals surface area contributed by atoms with Gasteiger partial charge < -0.3 is 9.26 Å². The van der Waals surface area contributed by atoms with Crippen molar-refractivity contribution < 1.29 is 40.8 Å². The zero-order valence-corrected chi connectivity index (χ0v) is 15.4. The number of ether oxygens (including phenoxy) is 1. The lowest BCUT2D eigenvalue weighted by Crippen LogP contribution is -2.32. The average molecular weight is 429 g/mol. The minimum atomic E-state index is -4.76. The van der Waals surface area contributed by atoms with Crippen molar-refractivity contribution in [1.29, 1.82) is 0 Å². The van der Waals surface area contributed by atoms with Crippen LogP contribution in [0.15, 0.2) is 16.7 Å². The Hall–Kier alpha value is -2.12. The van der Waals surface area contributed by atoms with Gasteiger partial charge >= 0.3 is 12.1 Å². The molecule has 0 spiro atoms. The standard InChI is InChI=1S/C15H16F5N3O4S/c1-25-6-2-3-12(24)23(26-8-11(16)17)7-9-4-5-10(28-9)13-21-14(27-22-13)15(18,19)20/h4-5,11H,2-3,6-8H2,1H3. The van der Waals surface area contributed by atoms with Crippen LogP contribution in [0.4, 0.5) is 22.0 Å². The van der Waals surface area contributed by atoms with Crippen molar-refractivity contribution in [2.24, 2.45) is 0 Å². The predicted octanol–water partition coefficient (Wildman–Crippen LogP) is 3.77. The summed E-state index contributed by atoms with van der Waals surface area (Å²) in [6.07, 6.45) is -7.13. The highest BCUT2D eigenvalue weighted by atomic mass is 32.1. The Kier molecular flexibility index (Phi) is 7.83. The Labute approximate surface area is 160 Å². The molecule has 0 aliphatic carbocycles. The zero-order chi connectivity index (χ0) is 20.7. The first kappa shape index (κ1) is 22.2. The van der Waals surface area contributed by atoms with E-state index in [1.165, 1.54) is 19.2 Å². The molecule has 0 aliphatic heterocycles. The third-order valence-electron chi connectivity index (χ3n) is 3.22. The van der Waals surface area contributed by atoms with Crippen molar-refractivity contribution in [1.82, 2.24) is 15.2 Å². The number of hydrogen-bond acceptors (Lipinski definition) is 7. The molecule has 1 amide bonds.